The number of fused-ring (bicyclic) bond motifs is 2. The highest BCUT2D eigenvalue weighted by Crippen LogP contribution is 2.58. The molecule has 0 saturated carbocycles. The molecule has 2 heterocycles. The Labute approximate surface area is 244 Å². The van der Waals surface area contributed by atoms with Crippen molar-refractivity contribution in [1.82, 2.24) is 5.32 Å². The fourth-order valence-electron chi connectivity index (χ4n) is 5.92. The minimum Gasteiger partial charge on any atom is -0.469 e. The summed E-state index contributed by atoms with van der Waals surface area (Å²) in [5.74, 6) is -10.8. The lowest BCUT2D eigenvalue weighted by molar-refractivity contribution is -0.175. The maximum atomic E-state index is 14.6. The zero-order valence-corrected chi connectivity index (χ0v) is 23.7. The quantitative estimate of drug-likeness (QED) is 0.271. The van der Waals surface area contributed by atoms with Crippen LogP contribution in [-0.2, 0) is 61.2 Å². The topological polar surface area (TPSA) is 138 Å². The van der Waals surface area contributed by atoms with Gasteiger partial charge in [0.15, 0.2) is 0 Å². The zero-order valence-electron chi connectivity index (χ0n) is 23.7. The highest BCUT2D eigenvalue weighted by atomic mass is 19.4. The molecule has 2 aliphatic heterocycles. The molecule has 0 radical (unpaired) electrons. The van der Waals surface area contributed by atoms with Gasteiger partial charge in [0.1, 0.15) is 17.4 Å². The van der Waals surface area contributed by atoms with E-state index in [-0.39, 0.29) is 13.2 Å². The third kappa shape index (κ3) is 4.79. The average molecular weight is 607 g/mol. The van der Waals surface area contributed by atoms with E-state index in [0.717, 1.165) is 37.3 Å². The number of para-hydroxylation sites is 1. The smallest absolute Gasteiger partial charge is 0.418 e. The summed E-state index contributed by atoms with van der Waals surface area (Å²) in [7, 11) is 1.84. The number of carbonyl (C=O) groups excluding carboxylic acids is 5. The van der Waals surface area contributed by atoms with Gasteiger partial charge in [-0.1, -0.05) is 42.5 Å². The van der Waals surface area contributed by atoms with Crippen LogP contribution >= 0.6 is 0 Å². The molecule has 230 valence electrons. The molecule has 43 heavy (non-hydrogen) atoms. The summed E-state index contributed by atoms with van der Waals surface area (Å²) in [6, 6.07) is 11.0. The van der Waals surface area contributed by atoms with Gasteiger partial charge >= 0.3 is 30.1 Å². The van der Waals surface area contributed by atoms with E-state index < -0.39 is 82.2 Å². The van der Waals surface area contributed by atoms with Gasteiger partial charge in [-0.25, -0.2) is 9.59 Å². The van der Waals surface area contributed by atoms with Crippen molar-refractivity contribution in [3.63, 3.8) is 0 Å². The second-order valence-corrected chi connectivity index (χ2v) is 9.76. The van der Waals surface area contributed by atoms with E-state index in [1.807, 2.05) is 0 Å². The monoisotopic (exact) mass is 606 g/mol. The molecule has 2 aliphatic rings. The number of anilines is 1. The van der Waals surface area contributed by atoms with Gasteiger partial charge in [0.25, 0.3) is 5.91 Å². The van der Waals surface area contributed by atoms with E-state index >= 15 is 0 Å². The van der Waals surface area contributed by atoms with Crippen molar-refractivity contribution in [2.24, 2.45) is 11.8 Å². The summed E-state index contributed by atoms with van der Waals surface area (Å²) in [6.07, 6.45) is -4.98. The Morgan fingerprint density at radius 1 is 0.860 bits per heavy atom. The Hall–Kier alpha value is -4.46. The molecule has 1 N–H and O–H groups in total. The Balaban J connectivity index is 2.13. The van der Waals surface area contributed by atoms with Gasteiger partial charge in [-0.15, -0.1) is 0 Å². The second kappa shape index (κ2) is 11.7. The SMILES string of the molecule is CCOC(=O)C1(C(=O)OCC)N[C@@]2(C(=O)N(Cc3ccccc3)c3c(C(F)(F)F)cccc32)[C@H](C(=O)OC)[C@@H]1C(=O)OC. The largest absolute Gasteiger partial charge is 0.469 e. The summed E-state index contributed by atoms with van der Waals surface area (Å²) in [6.45, 7) is 1.79. The fraction of sp³-hybridized carbons (Fsp3) is 0.414. The normalized spacial score (nSPS) is 22.2. The first kappa shape index (κ1) is 31.5. The molecular weight excluding hydrogens is 577 g/mol. The number of hydrogen-bond acceptors (Lipinski definition) is 10. The Kier molecular flexibility index (Phi) is 8.54. The van der Waals surface area contributed by atoms with Crippen molar-refractivity contribution in [3.05, 3.63) is 65.2 Å². The lowest BCUT2D eigenvalue weighted by Gasteiger charge is -2.31. The summed E-state index contributed by atoms with van der Waals surface area (Å²) in [5, 5.41) is 2.57. The van der Waals surface area contributed by atoms with Crippen LogP contribution in [0.25, 0.3) is 0 Å². The molecule has 3 atom stereocenters. The molecule has 0 unspecified atom stereocenters. The lowest BCUT2D eigenvalue weighted by Crippen LogP contribution is -2.65. The Bertz CT molecular complexity index is 1430. The van der Waals surface area contributed by atoms with Gasteiger partial charge in [-0.3, -0.25) is 19.7 Å². The van der Waals surface area contributed by atoms with Crippen molar-refractivity contribution in [1.29, 1.82) is 0 Å². The minimum absolute atomic E-state index is 0.311. The maximum Gasteiger partial charge on any atom is 0.418 e. The number of alkyl halides is 3. The van der Waals surface area contributed by atoms with E-state index in [1.54, 1.807) is 30.3 Å². The zero-order chi connectivity index (χ0) is 31.7. The van der Waals surface area contributed by atoms with E-state index in [2.05, 4.69) is 5.32 Å². The number of hydrogen-bond donors (Lipinski definition) is 1. The second-order valence-electron chi connectivity index (χ2n) is 9.76. The highest BCUT2D eigenvalue weighted by molar-refractivity contribution is 6.17. The molecule has 1 fully saturated rings. The minimum atomic E-state index is -4.98. The van der Waals surface area contributed by atoms with Crippen LogP contribution in [0.1, 0.15) is 30.5 Å². The van der Waals surface area contributed by atoms with Gasteiger partial charge < -0.3 is 23.8 Å². The van der Waals surface area contributed by atoms with E-state index in [1.165, 1.54) is 13.8 Å². The average Bonchev–Trinajstić information content (AvgIpc) is 3.43. The number of carbonyl (C=O) groups is 5. The molecule has 2 aromatic carbocycles. The highest BCUT2D eigenvalue weighted by Gasteiger charge is 2.79. The molecular formula is C29H29F3N2O9. The van der Waals surface area contributed by atoms with Gasteiger partial charge in [0.2, 0.25) is 5.54 Å². The summed E-state index contributed by atoms with van der Waals surface area (Å²) in [5.41, 5.74) is -7.36. The number of benzene rings is 2. The maximum absolute atomic E-state index is 14.6. The third-order valence-corrected chi connectivity index (χ3v) is 7.57. The molecule has 1 amide bonds. The number of esters is 4. The molecule has 1 spiro atoms. The van der Waals surface area contributed by atoms with Crippen LogP contribution in [-0.4, -0.2) is 62.8 Å². The number of halogens is 3. The van der Waals surface area contributed by atoms with Crippen LogP contribution in [0.3, 0.4) is 0 Å². The molecule has 4 rings (SSSR count). The summed E-state index contributed by atoms with van der Waals surface area (Å²) < 4.78 is 63.6. The van der Waals surface area contributed by atoms with E-state index in [9.17, 15) is 37.1 Å². The van der Waals surface area contributed by atoms with Crippen molar-refractivity contribution in [3.8, 4) is 0 Å². The molecule has 11 nitrogen and oxygen atoms in total. The number of methoxy groups -OCH3 is 2. The van der Waals surface area contributed by atoms with Crippen LogP contribution in [0.2, 0.25) is 0 Å². The first-order valence-corrected chi connectivity index (χ1v) is 13.2. The fourth-order valence-corrected chi connectivity index (χ4v) is 5.92. The first-order valence-electron chi connectivity index (χ1n) is 13.2. The number of rotatable bonds is 8. The van der Waals surface area contributed by atoms with Crippen LogP contribution in [0, 0.1) is 11.8 Å². The van der Waals surface area contributed by atoms with Crippen LogP contribution in [0.5, 0.6) is 0 Å². The van der Waals surface area contributed by atoms with E-state index in [4.69, 9.17) is 18.9 Å². The summed E-state index contributed by atoms with van der Waals surface area (Å²) in [4.78, 5) is 69.8. The summed E-state index contributed by atoms with van der Waals surface area (Å²) >= 11 is 0. The molecule has 1 saturated heterocycles. The molecule has 14 heteroatoms. The van der Waals surface area contributed by atoms with Gasteiger partial charge in [-0.05, 0) is 25.5 Å². The van der Waals surface area contributed by atoms with Crippen molar-refractivity contribution in [2.45, 2.75) is 37.6 Å². The van der Waals surface area contributed by atoms with Crippen molar-refractivity contribution >= 4 is 35.5 Å². The number of amides is 1. The first-order chi connectivity index (χ1) is 20.4. The standard InChI is InChI=1S/C29H29F3N2O9/c1-5-42-25(38)28(26(39)43-6-2)20(23(36)41-4)19(22(35)40-3)27(33-28)17-13-10-14-18(29(30,31)32)21(17)34(24(27)37)15-16-11-8-7-9-12-16/h7-14,19-20,33H,5-6,15H2,1-4H3/t19-,20+,27+/m0/s1. The van der Waals surface area contributed by atoms with Gasteiger partial charge in [0, 0.05) is 5.56 Å². The van der Waals surface area contributed by atoms with E-state index in [0.29, 0.717) is 5.56 Å². The predicted octanol–water partition coefficient (Wildman–Crippen LogP) is 2.49. The Morgan fingerprint density at radius 3 is 1.93 bits per heavy atom. The van der Waals surface area contributed by atoms with Crippen molar-refractivity contribution in [2.75, 3.05) is 32.3 Å². The lowest BCUT2D eigenvalue weighted by atomic mass is 9.72. The predicted molar refractivity (Wildman–Crippen MR) is 141 cm³/mol. The number of nitrogens with one attached hydrogen (secondary N) is 1. The van der Waals surface area contributed by atoms with Gasteiger partial charge in [-0.2, -0.15) is 13.2 Å². The van der Waals surface area contributed by atoms with Crippen LogP contribution in [0.4, 0.5) is 18.9 Å². The molecule has 0 aromatic heterocycles. The molecule has 2 aromatic rings. The van der Waals surface area contributed by atoms with Crippen molar-refractivity contribution < 1.29 is 56.1 Å². The third-order valence-electron chi connectivity index (χ3n) is 7.57. The number of nitrogens with zero attached hydrogens (tertiary/aromatic N) is 1. The van der Waals surface area contributed by atoms with Gasteiger partial charge in [0.05, 0.1) is 45.2 Å². The van der Waals surface area contributed by atoms with Crippen LogP contribution in [0.15, 0.2) is 48.5 Å². The van der Waals surface area contributed by atoms with Crippen LogP contribution < -0.4 is 10.2 Å². The Morgan fingerprint density at radius 2 is 1.42 bits per heavy atom. The molecule has 0 aliphatic carbocycles. The molecule has 0 bridgehead atoms. The number of ether oxygens (including phenoxy) is 4.